The number of fused-ring (bicyclic) bond motifs is 5. The van der Waals surface area contributed by atoms with Crippen molar-refractivity contribution in [1.29, 1.82) is 0 Å². The van der Waals surface area contributed by atoms with E-state index >= 15 is 0 Å². The van der Waals surface area contributed by atoms with E-state index in [-0.39, 0.29) is 23.6 Å². The lowest BCUT2D eigenvalue weighted by Gasteiger charge is -2.57. The van der Waals surface area contributed by atoms with E-state index in [1.165, 1.54) is 31.3 Å². The van der Waals surface area contributed by atoms with Gasteiger partial charge in [0.05, 0.1) is 0 Å². The fourth-order valence-corrected chi connectivity index (χ4v) is 9.78. The highest BCUT2D eigenvalue weighted by molar-refractivity contribution is 6.48. The Morgan fingerprint density at radius 3 is 2.58 bits per heavy atom. The first-order valence-corrected chi connectivity index (χ1v) is 17.7. The number of rotatable bonds is 8. The molecule has 0 saturated heterocycles. The molecule has 0 aromatic rings. The maximum absolute atomic E-state index is 12.5. The molecule has 5 heteroatoms. The van der Waals surface area contributed by atoms with Crippen molar-refractivity contribution in [3.05, 3.63) is 11.6 Å². The summed E-state index contributed by atoms with van der Waals surface area (Å²) in [6, 6.07) is 0. The molecular weight excluding hydrogens is 464 g/mol. The lowest BCUT2D eigenvalue weighted by atomic mass is 9.48. The molecule has 0 spiro atoms. The van der Waals surface area contributed by atoms with Gasteiger partial charge in [-0.2, -0.15) is 0 Å². The van der Waals surface area contributed by atoms with Crippen molar-refractivity contribution in [3.8, 4) is 0 Å². The molecule has 0 aliphatic heterocycles. The Morgan fingerprint density at radius 2 is 1.92 bits per heavy atom. The van der Waals surface area contributed by atoms with Gasteiger partial charge in [-0.25, -0.2) is 0 Å². The van der Waals surface area contributed by atoms with Crippen LogP contribution in [0.25, 0.3) is 0 Å². The van der Waals surface area contributed by atoms with E-state index in [0.717, 1.165) is 38.5 Å². The van der Waals surface area contributed by atoms with Gasteiger partial charge in [-0.1, -0.05) is 46.1 Å². The number of ether oxygens (including phenoxy) is 1. The first-order chi connectivity index (χ1) is 16.9. The van der Waals surface area contributed by atoms with Crippen LogP contribution in [0.4, 0.5) is 0 Å². The molecule has 0 heterocycles. The van der Waals surface area contributed by atoms with Crippen LogP contribution in [0.3, 0.4) is 0 Å². The minimum absolute atomic E-state index is 0.0529. The van der Waals surface area contributed by atoms with Crippen molar-refractivity contribution in [1.82, 2.24) is 0 Å². The van der Waals surface area contributed by atoms with Crippen LogP contribution in [0.2, 0.25) is 13.1 Å². The molecule has 4 nitrogen and oxygen atoms in total. The molecule has 4 aliphatic carbocycles. The monoisotopic (exact) mass is 516 g/mol. The van der Waals surface area contributed by atoms with Gasteiger partial charge in [0.25, 0.3) is 0 Å². The number of ketones is 1. The summed E-state index contributed by atoms with van der Waals surface area (Å²) < 4.78 is 12.8. The van der Waals surface area contributed by atoms with Gasteiger partial charge < -0.3 is 9.16 Å². The normalized spacial score (nSPS) is 37.1. The zero-order valence-electron chi connectivity index (χ0n) is 24.1. The summed E-state index contributed by atoms with van der Waals surface area (Å²) in [5.41, 5.74) is 1.88. The lowest BCUT2D eigenvalue weighted by Crippen LogP contribution is -2.54. The summed E-state index contributed by atoms with van der Waals surface area (Å²) in [4.78, 5) is 24.4. The summed E-state index contributed by atoms with van der Waals surface area (Å²) in [5.74, 6) is 3.08. The predicted molar refractivity (Wildman–Crippen MR) is 148 cm³/mol. The number of allylic oxidation sites excluding steroid dienone is 1. The van der Waals surface area contributed by atoms with E-state index in [1.54, 1.807) is 6.92 Å². The fourth-order valence-electron chi connectivity index (χ4n) is 8.74. The van der Waals surface area contributed by atoms with Gasteiger partial charge in [0.2, 0.25) is 0 Å². The highest BCUT2D eigenvalue weighted by atomic mass is 28.3. The molecule has 0 radical (unpaired) electrons. The number of hydrogen-bond acceptors (Lipinski definition) is 4. The second kappa shape index (κ2) is 11.0. The Labute approximate surface area is 222 Å². The Kier molecular flexibility index (Phi) is 8.61. The number of carbonyl (C=O) groups is 2. The van der Waals surface area contributed by atoms with E-state index in [1.807, 2.05) is 6.08 Å². The summed E-state index contributed by atoms with van der Waals surface area (Å²) in [6.45, 7) is 15.6. The molecule has 1 unspecified atom stereocenters. The van der Waals surface area contributed by atoms with E-state index in [4.69, 9.17) is 9.16 Å². The standard InChI is InChI=1S/C31H52O4Si/c1-20(32)34-28-14-13-26-29-24(15-17-31(26,28)5)23-12-11-22(33)18-21(23)19-25(29)27(35-36(6)7)10-8-9-16-30(2,3)4/h18,23-29,36H,8-17,19H2,1-7H3/t23-,24+,25-,26-,27?,28-,29-,31-/m0/s1. The Hall–Kier alpha value is -0.943. The molecule has 36 heavy (non-hydrogen) atoms. The number of hydrogen-bond donors (Lipinski definition) is 0. The van der Waals surface area contributed by atoms with Crippen LogP contribution in [-0.2, 0) is 18.8 Å². The predicted octanol–water partition coefficient (Wildman–Crippen LogP) is 7.26. The molecular formula is C31H52O4Si. The molecule has 4 rings (SSSR count). The Morgan fingerprint density at radius 1 is 1.17 bits per heavy atom. The second-order valence-corrected chi connectivity index (χ2v) is 16.7. The van der Waals surface area contributed by atoms with Gasteiger partial charge in [-0.05, 0) is 106 Å². The van der Waals surface area contributed by atoms with E-state index in [2.05, 4.69) is 40.8 Å². The minimum atomic E-state index is -1.22. The van der Waals surface area contributed by atoms with Crippen LogP contribution in [0, 0.1) is 40.4 Å². The van der Waals surface area contributed by atoms with Crippen LogP contribution in [-0.4, -0.2) is 33.0 Å². The van der Waals surface area contributed by atoms with Crippen molar-refractivity contribution in [2.75, 3.05) is 0 Å². The van der Waals surface area contributed by atoms with Gasteiger partial charge in [0.15, 0.2) is 14.8 Å². The zero-order chi connectivity index (χ0) is 26.3. The number of carbonyl (C=O) groups excluding carboxylic acids is 2. The highest BCUT2D eigenvalue weighted by Crippen LogP contribution is 2.64. The summed E-state index contributed by atoms with van der Waals surface area (Å²) >= 11 is 0. The molecule has 204 valence electrons. The van der Waals surface area contributed by atoms with Crippen LogP contribution in [0.5, 0.6) is 0 Å². The third-order valence-electron chi connectivity index (χ3n) is 10.2. The van der Waals surface area contributed by atoms with Gasteiger partial charge in [-0.15, -0.1) is 0 Å². The minimum Gasteiger partial charge on any atom is -0.462 e. The first-order valence-electron chi connectivity index (χ1n) is 14.9. The van der Waals surface area contributed by atoms with E-state index in [9.17, 15) is 9.59 Å². The Balaban J connectivity index is 1.63. The van der Waals surface area contributed by atoms with E-state index < -0.39 is 9.04 Å². The average Bonchev–Trinajstić information content (AvgIpc) is 3.09. The summed E-state index contributed by atoms with van der Waals surface area (Å²) in [7, 11) is -1.22. The third kappa shape index (κ3) is 6.03. The molecule has 3 saturated carbocycles. The van der Waals surface area contributed by atoms with Crippen molar-refractivity contribution in [2.45, 2.75) is 131 Å². The van der Waals surface area contributed by atoms with E-state index in [0.29, 0.717) is 47.2 Å². The largest absolute Gasteiger partial charge is 0.462 e. The summed E-state index contributed by atoms with van der Waals surface area (Å²) in [6.07, 6.45) is 14.5. The van der Waals surface area contributed by atoms with Crippen LogP contribution in [0.15, 0.2) is 11.6 Å². The third-order valence-corrected chi connectivity index (χ3v) is 11.1. The van der Waals surface area contributed by atoms with Crippen molar-refractivity contribution in [2.24, 2.45) is 40.4 Å². The second-order valence-electron chi connectivity index (χ2n) is 14.3. The fraction of sp³-hybridized carbons (Fsp3) is 0.871. The lowest BCUT2D eigenvalue weighted by molar-refractivity contribution is -0.158. The topological polar surface area (TPSA) is 52.6 Å². The molecule has 0 N–H and O–H groups in total. The van der Waals surface area contributed by atoms with Crippen LogP contribution in [0.1, 0.15) is 105 Å². The number of unbranched alkanes of at least 4 members (excludes halogenated alkanes) is 1. The molecule has 0 bridgehead atoms. The van der Waals surface area contributed by atoms with Gasteiger partial charge in [-0.3, -0.25) is 9.59 Å². The van der Waals surface area contributed by atoms with Gasteiger partial charge in [0.1, 0.15) is 6.10 Å². The SMILES string of the molecule is CC(=O)O[C@H]1CC[C@H]2[C@H]3[C@H](CC[C@]12C)[C@H]1CCC(=O)C=C1C[C@H]3C(CCCCC(C)(C)C)O[SiH](C)C. The Bertz CT molecular complexity index is 842. The summed E-state index contributed by atoms with van der Waals surface area (Å²) in [5, 5.41) is 0. The van der Waals surface area contributed by atoms with Crippen LogP contribution < -0.4 is 0 Å². The highest BCUT2D eigenvalue weighted by Gasteiger charge is 2.60. The maximum Gasteiger partial charge on any atom is 0.302 e. The molecule has 4 aliphatic rings. The molecule has 3 fully saturated rings. The van der Waals surface area contributed by atoms with Crippen molar-refractivity contribution >= 4 is 20.8 Å². The molecule has 8 atom stereocenters. The smallest absolute Gasteiger partial charge is 0.302 e. The first kappa shape index (κ1) is 28.1. The number of esters is 1. The van der Waals surface area contributed by atoms with Gasteiger partial charge >= 0.3 is 5.97 Å². The quantitative estimate of drug-likeness (QED) is 0.193. The van der Waals surface area contributed by atoms with Crippen LogP contribution >= 0.6 is 0 Å². The van der Waals surface area contributed by atoms with Crippen molar-refractivity contribution in [3.63, 3.8) is 0 Å². The molecule has 0 aromatic carbocycles. The molecule has 0 amide bonds. The molecule has 0 aromatic heterocycles. The maximum atomic E-state index is 12.5. The van der Waals surface area contributed by atoms with Gasteiger partial charge in [0, 0.05) is 24.9 Å². The zero-order valence-corrected chi connectivity index (χ0v) is 25.3. The van der Waals surface area contributed by atoms with Crippen molar-refractivity contribution < 1.29 is 18.8 Å². The average molecular weight is 517 g/mol.